The maximum absolute atomic E-state index is 11.3. The van der Waals surface area contributed by atoms with Crippen LogP contribution < -0.4 is 0 Å². The van der Waals surface area contributed by atoms with Crippen molar-refractivity contribution < 1.29 is 14.0 Å². The number of rotatable bonds is 11. The smallest absolute Gasteiger partial charge is 0.305 e. The lowest BCUT2D eigenvalue weighted by molar-refractivity contribution is -0.140. The van der Waals surface area contributed by atoms with Gasteiger partial charge in [-0.1, -0.05) is 57.5 Å². The number of nitrogens with zero attached hydrogens (tertiary/aromatic N) is 1. The van der Waals surface area contributed by atoms with Crippen molar-refractivity contribution in [2.24, 2.45) is 0 Å². The molecule has 5 heteroatoms. The molecular weight excluding hydrogens is 414 g/mol. The van der Waals surface area contributed by atoms with Crippen LogP contribution in [-0.4, -0.2) is 26.4 Å². The van der Waals surface area contributed by atoms with Crippen molar-refractivity contribution >= 4 is 19.9 Å². The van der Waals surface area contributed by atoms with Crippen LogP contribution in [0.4, 0.5) is 0 Å². The first kappa shape index (κ1) is 26.0. The molecule has 32 heavy (non-hydrogen) atoms. The van der Waals surface area contributed by atoms with Crippen LogP contribution in [0.5, 0.6) is 0 Å². The lowest BCUT2D eigenvalue weighted by Gasteiger charge is -2.36. The predicted molar refractivity (Wildman–Crippen MR) is 135 cm³/mol. The van der Waals surface area contributed by atoms with Gasteiger partial charge in [0.25, 0.3) is 0 Å². The van der Waals surface area contributed by atoms with Crippen LogP contribution >= 0.6 is 0 Å². The molecule has 4 nitrogen and oxygen atoms in total. The number of ether oxygens (including phenoxy) is 1. The second-order valence-electron chi connectivity index (χ2n) is 9.78. The Morgan fingerprint density at radius 1 is 1.06 bits per heavy atom. The Labute approximate surface area is 195 Å². The number of methoxy groups -OCH3 is 1. The molecule has 0 atom stereocenters. The summed E-state index contributed by atoms with van der Waals surface area (Å²) in [5.74, 6) is -0.131. The third-order valence-corrected chi connectivity index (χ3v) is 10.8. The Morgan fingerprint density at radius 3 is 2.47 bits per heavy atom. The van der Waals surface area contributed by atoms with Gasteiger partial charge in [0.15, 0.2) is 8.32 Å². The molecule has 2 rings (SSSR count). The van der Waals surface area contributed by atoms with Gasteiger partial charge >= 0.3 is 5.97 Å². The van der Waals surface area contributed by atoms with Gasteiger partial charge in [-0.2, -0.15) is 0 Å². The lowest BCUT2D eigenvalue weighted by atomic mass is 9.96. The van der Waals surface area contributed by atoms with Crippen LogP contribution in [0.25, 0.3) is 5.57 Å². The highest BCUT2D eigenvalue weighted by molar-refractivity contribution is 6.74. The van der Waals surface area contributed by atoms with Gasteiger partial charge in [0, 0.05) is 24.4 Å². The average molecular weight is 454 g/mol. The predicted octanol–water partition coefficient (Wildman–Crippen LogP) is 7.16. The number of hydrogen-bond donors (Lipinski definition) is 0. The third kappa shape index (κ3) is 8.03. The topological polar surface area (TPSA) is 48.4 Å². The fourth-order valence-corrected chi connectivity index (χ4v) is 4.13. The number of pyridine rings is 1. The van der Waals surface area contributed by atoms with E-state index in [-0.39, 0.29) is 11.0 Å². The zero-order valence-corrected chi connectivity index (χ0v) is 21.6. The number of hydrogen-bond acceptors (Lipinski definition) is 4. The quantitative estimate of drug-likeness (QED) is 0.206. The summed E-state index contributed by atoms with van der Waals surface area (Å²) in [4.78, 5) is 15.6. The summed E-state index contributed by atoms with van der Waals surface area (Å²) in [5.41, 5.74) is 4.69. The molecule has 0 aliphatic rings. The number of unbranched alkanes of at least 4 members (excludes halogenated alkanes) is 3. The largest absolute Gasteiger partial charge is 0.469 e. The molecule has 1 aromatic heterocycles. The molecule has 0 fully saturated rings. The Morgan fingerprint density at radius 2 is 1.81 bits per heavy atom. The summed E-state index contributed by atoms with van der Waals surface area (Å²) < 4.78 is 11.2. The van der Waals surface area contributed by atoms with Crippen molar-refractivity contribution in [1.82, 2.24) is 4.98 Å². The van der Waals surface area contributed by atoms with Gasteiger partial charge in [-0.3, -0.25) is 9.78 Å². The molecule has 0 N–H and O–H groups in total. The summed E-state index contributed by atoms with van der Waals surface area (Å²) in [5, 5.41) is 0.194. The molecule has 0 aliphatic carbocycles. The summed E-state index contributed by atoms with van der Waals surface area (Å²) in [6.07, 6.45) is 10.4. The summed E-state index contributed by atoms with van der Waals surface area (Å²) in [6.45, 7) is 12.0. The molecule has 0 saturated heterocycles. The fraction of sp³-hybridized carbons (Fsp3) is 0.481. The normalized spacial score (nSPS) is 12.6. The highest BCUT2D eigenvalue weighted by Crippen LogP contribution is 2.37. The van der Waals surface area contributed by atoms with Gasteiger partial charge in [0.2, 0.25) is 0 Å². The van der Waals surface area contributed by atoms with Crippen LogP contribution in [0, 0.1) is 0 Å². The first-order chi connectivity index (χ1) is 15.1. The minimum Gasteiger partial charge on any atom is -0.469 e. The molecule has 0 bridgehead atoms. The van der Waals surface area contributed by atoms with E-state index in [2.05, 4.69) is 75.3 Å². The Balaban J connectivity index is 2.13. The van der Waals surface area contributed by atoms with Crippen LogP contribution in [-0.2, 0) is 20.6 Å². The van der Waals surface area contributed by atoms with Gasteiger partial charge in [0.05, 0.1) is 13.7 Å². The average Bonchev–Trinajstić information content (AvgIpc) is 2.77. The van der Waals surface area contributed by atoms with E-state index in [9.17, 15) is 4.79 Å². The molecule has 0 aliphatic heterocycles. The van der Waals surface area contributed by atoms with Gasteiger partial charge < -0.3 is 9.16 Å². The molecule has 1 heterocycles. The summed E-state index contributed by atoms with van der Waals surface area (Å²) in [7, 11) is -0.357. The molecule has 0 radical (unpaired) electrons. The van der Waals surface area contributed by atoms with Crippen LogP contribution in [0.2, 0.25) is 18.1 Å². The second-order valence-corrected chi connectivity index (χ2v) is 14.6. The first-order valence-electron chi connectivity index (χ1n) is 11.5. The van der Waals surface area contributed by atoms with E-state index in [1.54, 1.807) is 6.20 Å². The molecule has 1 aromatic carbocycles. The van der Waals surface area contributed by atoms with Crippen molar-refractivity contribution in [2.45, 2.75) is 77.6 Å². The van der Waals surface area contributed by atoms with E-state index in [0.29, 0.717) is 13.0 Å². The Kier molecular flexibility index (Phi) is 9.85. The number of allylic oxidation sites excluding steroid dienone is 1. The monoisotopic (exact) mass is 453 g/mol. The number of carbonyl (C=O) groups is 1. The van der Waals surface area contributed by atoms with Crippen LogP contribution in [0.3, 0.4) is 0 Å². The number of carbonyl (C=O) groups excluding carboxylic acids is 1. The highest BCUT2D eigenvalue weighted by Gasteiger charge is 2.37. The molecular formula is C27H39NO3Si. The lowest BCUT2D eigenvalue weighted by Crippen LogP contribution is -2.40. The zero-order valence-electron chi connectivity index (χ0n) is 20.6. The van der Waals surface area contributed by atoms with E-state index in [1.807, 2.05) is 12.3 Å². The number of benzene rings is 1. The van der Waals surface area contributed by atoms with Gasteiger partial charge in [-0.25, -0.2) is 0 Å². The van der Waals surface area contributed by atoms with Gasteiger partial charge in [-0.05, 0) is 66.2 Å². The van der Waals surface area contributed by atoms with E-state index < -0.39 is 8.32 Å². The van der Waals surface area contributed by atoms with Crippen molar-refractivity contribution in [2.75, 3.05) is 7.11 Å². The fourth-order valence-electron chi connectivity index (χ4n) is 3.17. The van der Waals surface area contributed by atoms with E-state index in [1.165, 1.54) is 23.8 Å². The van der Waals surface area contributed by atoms with E-state index in [4.69, 9.17) is 9.16 Å². The third-order valence-electron chi connectivity index (χ3n) is 6.28. The molecule has 0 amide bonds. The van der Waals surface area contributed by atoms with Gasteiger partial charge in [-0.15, -0.1) is 0 Å². The minimum atomic E-state index is -1.80. The zero-order chi connectivity index (χ0) is 23.6. The Hall–Kier alpha value is -2.24. The van der Waals surface area contributed by atoms with Crippen LogP contribution in [0.1, 0.15) is 69.6 Å². The maximum atomic E-state index is 11.3. The molecule has 0 unspecified atom stereocenters. The highest BCUT2D eigenvalue weighted by atomic mass is 28.4. The SMILES string of the molecule is COC(=O)CCCCC/C=C(/c1cccnc1)c1cccc(CO[Si](C)(C)C(C)(C)C)c1. The first-order valence-corrected chi connectivity index (χ1v) is 14.5. The molecule has 0 spiro atoms. The second kappa shape index (κ2) is 12.1. The van der Waals surface area contributed by atoms with Crippen LogP contribution in [0.15, 0.2) is 54.9 Å². The van der Waals surface area contributed by atoms with Crippen molar-refractivity contribution in [3.63, 3.8) is 0 Å². The summed E-state index contributed by atoms with van der Waals surface area (Å²) >= 11 is 0. The van der Waals surface area contributed by atoms with Crippen molar-refractivity contribution in [3.8, 4) is 0 Å². The van der Waals surface area contributed by atoms with Gasteiger partial charge in [0.1, 0.15) is 0 Å². The molecule has 0 saturated carbocycles. The maximum Gasteiger partial charge on any atom is 0.305 e. The number of aromatic nitrogens is 1. The standard InChI is InChI=1S/C27H39NO3Si/c1-27(2,3)32(5,6)31-21-22-13-11-14-23(19-22)25(24-15-12-18-28-20-24)16-9-7-8-10-17-26(29)30-4/h11-16,18-20H,7-10,17,21H2,1-6H3/b25-16+. The van der Waals surface area contributed by atoms with Crippen molar-refractivity contribution in [3.05, 3.63) is 71.6 Å². The molecule has 2 aromatic rings. The minimum absolute atomic E-state index is 0.131. The summed E-state index contributed by atoms with van der Waals surface area (Å²) in [6, 6.07) is 12.7. The number of esters is 1. The molecule has 174 valence electrons. The van der Waals surface area contributed by atoms with E-state index >= 15 is 0 Å². The Bertz CT molecular complexity index is 885. The van der Waals surface area contributed by atoms with E-state index in [0.717, 1.165) is 31.2 Å². The van der Waals surface area contributed by atoms with Crippen molar-refractivity contribution in [1.29, 1.82) is 0 Å².